The quantitative estimate of drug-likeness (QED) is 0.169. The van der Waals surface area contributed by atoms with Crippen LogP contribution in [0.15, 0.2) is 48.0 Å². The third-order valence-electron chi connectivity index (χ3n) is 5.50. The summed E-state index contributed by atoms with van der Waals surface area (Å²) in [4.78, 5) is 38.0. The molecule has 1 N–H and O–H groups in total. The van der Waals surface area contributed by atoms with Crippen molar-refractivity contribution in [3.05, 3.63) is 69.3 Å². The van der Waals surface area contributed by atoms with Crippen LogP contribution in [0.25, 0.3) is 5.76 Å². The van der Waals surface area contributed by atoms with Crippen molar-refractivity contribution in [1.82, 2.24) is 4.90 Å². The number of carbonyl (C=O) groups is 2. The van der Waals surface area contributed by atoms with Gasteiger partial charge in [-0.2, -0.15) is 0 Å². The summed E-state index contributed by atoms with van der Waals surface area (Å²) in [6.07, 6.45) is 0.443. The van der Waals surface area contributed by atoms with Gasteiger partial charge in [-0.3, -0.25) is 19.7 Å². The first-order chi connectivity index (χ1) is 15.9. The SMILES string of the molecule is COCCCN1C(=O)C(=O)/C(=C(/O)c2ccc3c(c2)OCCO3)C1c1cccc([N+](=O)[O-])c1. The number of ketones is 1. The van der Waals surface area contributed by atoms with Gasteiger partial charge in [0.15, 0.2) is 11.5 Å². The zero-order valence-corrected chi connectivity index (χ0v) is 17.9. The molecule has 0 aromatic heterocycles. The van der Waals surface area contributed by atoms with Crippen molar-refractivity contribution in [2.45, 2.75) is 12.5 Å². The molecule has 172 valence electrons. The molecular weight excluding hydrogens is 432 g/mol. The molecule has 1 fully saturated rings. The summed E-state index contributed by atoms with van der Waals surface area (Å²) in [6.45, 7) is 1.27. The molecule has 10 nitrogen and oxygen atoms in total. The van der Waals surface area contributed by atoms with Gasteiger partial charge in [0, 0.05) is 38.0 Å². The van der Waals surface area contributed by atoms with E-state index < -0.39 is 28.4 Å². The van der Waals surface area contributed by atoms with Gasteiger partial charge in [-0.1, -0.05) is 12.1 Å². The number of aliphatic hydroxyl groups is 1. The van der Waals surface area contributed by atoms with Crippen LogP contribution < -0.4 is 9.47 Å². The van der Waals surface area contributed by atoms with E-state index in [1.807, 2.05) is 0 Å². The average Bonchev–Trinajstić information content (AvgIpc) is 3.08. The molecule has 10 heteroatoms. The molecule has 1 atom stereocenters. The number of likely N-dealkylation sites (tertiary alicyclic amines) is 1. The lowest BCUT2D eigenvalue weighted by Crippen LogP contribution is -2.31. The molecule has 2 aromatic carbocycles. The summed E-state index contributed by atoms with van der Waals surface area (Å²) in [5.74, 6) is -1.13. The van der Waals surface area contributed by atoms with E-state index in [1.54, 1.807) is 18.2 Å². The van der Waals surface area contributed by atoms with Crippen LogP contribution in [-0.2, 0) is 14.3 Å². The van der Waals surface area contributed by atoms with Gasteiger partial charge in [0.05, 0.1) is 16.5 Å². The fourth-order valence-electron chi connectivity index (χ4n) is 3.99. The van der Waals surface area contributed by atoms with Gasteiger partial charge in [0.1, 0.15) is 19.0 Å². The molecule has 0 radical (unpaired) electrons. The van der Waals surface area contributed by atoms with Crippen molar-refractivity contribution < 1.29 is 33.8 Å². The van der Waals surface area contributed by atoms with Crippen LogP contribution >= 0.6 is 0 Å². The Balaban J connectivity index is 1.83. The predicted molar refractivity (Wildman–Crippen MR) is 116 cm³/mol. The molecular formula is C23H22N2O8. The van der Waals surface area contributed by atoms with E-state index in [0.29, 0.717) is 43.3 Å². The van der Waals surface area contributed by atoms with E-state index in [4.69, 9.17) is 14.2 Å². The number of amides is 1. The van der Waals surface area contributed by atoms with Gasteiger partial charge < -0.3 is 24.2 Å². The van der Waals surface area contributed by atoms with Crippen LogP contribution in [0.5, 0.6) is 11.5 Å². The number of benzene rings is 2. The van der Waals surface area contributed by atoms with Gasteiger partial charge in [-0.15, -0.1) is 0 Å². The number of fused-ring (bicyclic) bond motifs is 1. The fourth-order valence-corrected chi connectivity index (χ4v) is 3.99. The number of carbonyl (C=O) groups excluding carboxylic acids is 2. The molecule has 2 aliphatic heterocycles. The topological polar surface area (TPSA) is 128 Å². The van der Waals surface area contributed by atoms with Crippen LogP contribution in [0.4, 0.5) is 5.69 Å². The normalized spacial score (nSPS) is 19.1. The van der Waals surface area contributed by atoms with Crippen LogP contribution in [0.1, 0.15) is 23.6 Å². The molecule has 2 aromatic rings. The number of ether oxygens (including phenoxy) is 3. The van der Waals surface area contributed by atoms with E-state index in [2.05, 4.69) is 0 Å². The average molecular weight is 454 g/mol. The molecule has 0 spiro atoms. The van der Waals surface area contributed by atoms with E-state index >= 15 is 0 Å². The molecule has 2 heterocycles. The maximum atomic E-state index is 13.0. The first-order valence-corrected chi connectivity index (χ1v) is 10.3. The summed E-state index contributed by atoms with van der Waals surface area (Å²) >= 11 is 0. The summed E-state index contributed by atoms with van der Waals surface area (Å²) in [6, 6.07) is 9.41. The second-order valence-corrected chi connectivity index (χ2v) is 7.55. The molecule has 4 rings (SSSR count). The first-order valence-electron chi connectivity index (χ1n) is 10.3. The van der Waals surface area contributed by atoms with Crippen molar-refractivity contribution >= 4 is 23.1 Å². The zero-order valence-electron chi connectivity index (χ0n) is 17.9. The standard InChI is InChI=1S/C23H22N2O8/c1-31-9-3-8-24-20(14-4-2-5-16(12-14)25(29)30)19(22(27)23(24)28)21(26)15-6-7-17-18(13-15)33-11-10-32-17/h2,4-7,12-13,20,26H,3,8-11H2,1H3/b21-19+. The lowest BCUT2D eigenvalue weighted by atomic mass is 9.94. The van der Waals surface area contributed by atoms with Crippen molar-refractivity contribution in [2.75, 3.05) is 33.5 Å². The molecule has 0 saturated carbocycles. The highest BCUT2D eigenvalue weighted by Gasteiger charge is 2.46. The second-order valence-electron chi connectivity index (χ2n) is 7.55. The van der Waals surface area contributed by atoms with Crippen LogP contribution in [-0.4, -0.2) is 60.1 Å². The van der Waals surface area contributed by atoms with Gasteiger partial charge in [0.2, 0.25) is 0 Å². The van der Waals surface area contributed by atoms with Crippen LogP contribution in [0, 0.1) is 10.1 Å². The van der Waals surface area contributed by atoms with Crippen molar-refractivity contribution in [1.29, 1.82) is 0 Å². The summed E-state index contributed by atoms with van der Waals surface area (Å²) in [5, 5.41) is 22.5. The smallest absolute Gasteiger partial charge is 0.295 e. The lowest BCUT2D eigenvalue weighted by molar-refractivity contribution is -0.384. The number of nitro benzene ring substituents is 1. The summed E-state index contributed by atoms with van der Waals surface area (Å²) in [7, 11) is 1.52. The lowest BCUT2D eigenvalue weighted by Gasteiger charge is -2.25. The fraction of sp³-hybridized carbons (Fsp3) is 0.304. The maximum Gasteiger partial charge on any atom is 0.295 e. The zero-order chi connectivity index (χ0) is 23.5. The summed E-state index contributed by atoms with van der Waals surface area (Å²) in [5.41, 5.74) is 0.286. The Morgan fingerprint density at radius 2 is 1.94 bits per heavy atom. The monoisotopic (exact) mass is 454 g/mol. The van der Waals surface area contributed by atoms with E-state index in [1.165, 1.54) is 36.3 Å². The van der Waals surface area contributed by atoms with Crippen LogP contribution in [0.3, 0.4) is 0 Å². The molecule has 33 heavy (non-hydrogen) atoms. The highest BCUT2D eigenvalue weighted by molar-refractivity contribution is 6.46. The highest BCUT2D eigenvalue weighted by Crippen LogP contribution is 2.41. The van der Waals surface area contributed by atoms with Gasteiger partial charge in [-0.05, 0) is 30.2 Å². The Morgan fingerprint density at radius 3 is 2.67 bits per heavy atom. The van der Waals surface area contributed by atoms with Crippen LogP contribution in [0.2, 0.25) is 0 Å². The van der Waals surface area contributed by atoms with Gasteiger partial charge in [0.25, 0.3) is 17.4 Å². The number of nitro groups is 1. The predicted octanol–water partition coefficient (Wildman–Crippen LogP) is 2.82. The number of methoxy groups -OCH3 is 1. The Kier molecular flexibility index (Phi) is 6.27. The number of Topliss-reactive ketones (excluding diaryl/α,β-unsaturated/α-hetero) is 1. The maximum absolute atomic E-state index is 13.0. The Hall–Kier alpha value is -3.92. The molecule has 1 amide bonds. The minimum absolute atomic E-state index is 0.144. The van der Waals surface area contributed by atoms with E-state index in [9.17, 15) is 24.8 Å². The number of rotatable bonds is 7. The largest absolute Gasteiger partial charge is 0.507 e. The molecule has 0 aliphatic carbocycles. The highest BCUT2D eigenvalue weighted by atomic mass is 16.6. The third-order valence-corrected chi connectivity index (χ3v) is 5.50. The van der Waals surface area contributed by atoms with E-state index in [0.717, 1.165) is 0 Å². The number of hydrogen-bond donors (Lipinski definition) is 1. The van der Waals surface area contributed by atoms with Crippen molar-refractivity contribution in [2.24, 2.45) is 0 Å². The first kappa shape index (κ1) is 22.3. The molecule has 1 unspecified atom stereocenters. The minimum atomic E-state index is -0.991. The van der Waals surface area contributed by atoms with Crippen molar-refractivity contribution in [3.8, 4) is 11.5 Å². The number of aliphatic hydroxyl groups excluding tert-OH is 1. The third kappa shape index (κ3) is 4.24. The number of nitrogens with zero attached hydrogens (tertiary/aromatic N) is 2. The Labute approximate surface area is 189 Å². The molecule has 0 bridgehead atoms. The number of hydrogen-bond acceptors (Lipinski definition) is 8. The minimum Gasteiger partial charge on any atom is -0.507 e. The van der Waals surface area contributed by atoms with Gasteiger partial charge >= 0.3 is 0 Å². The summed E-state index contributed by atoms with van der Waals surface area (Å²) < 4.78 is 16.1. The van der Waals surface area contributed by atoms with E-state index in [-0.39, 0.29) is 23.4 Å². The van der Waals surface area contributed by atoms with Crippen molar-refractivity contribution in [3.63, 3.8) is 0 Å². The Bertz CT molecular complexity index is 1140. The number of non-ortho nitro benzene ring substituents is 1. The molecule has 2 aliphatic rings. The van der Waals surface area contributed by atoms with Gasteiger partial charge in [-0.25, -0.2) is 0 Å². The molecule has 1 saturated heterocycles. The second kappa shape index (κ2) is 9.29. The Morgan fingerprint density at radius 1 is 1.18 bits per heavy atom.